The van der Waals surface area contributed by atoms with Crippen molar-refractivity contribution in [2.45, 2.75) is 52.0 Å². The van der Waals surface area contributed by atoms with Crippen LogP contribution in [0.5, 0.6) is 5.75 Å². The lowest BCUT2D eigenvalue weighted by Gasteiger charge is -2.48. The summed E-state index contributed by atoms with van der Waals surface area (Å²) in [7, 11) is 0. The molecule has 2 aliphatic rings. The van der Waals surface area contributed by atoms with Crippen LogP contribution in [0.4, 0.5) is 11.4 Å². The second-order valence-electron chi connectivity index (χ2n) is 8.14. The molecule has 26 heavy (non-hydrogen) atoms. The van der Waals surface area contributed by atoms with Gasteiger partial charge in [0.25, 0.3) is 0 Å². The number of rotatable bonds is 6. The highest BCUT2D eigenvalue weighted by atomic mass is 16.6. The first-order chi connectivity index (χ1) is 12.5. The third-order valence-electron chi connectivity index (χ3n) is 5.85. The largest absolute Gasteiger partial charge is 0.486 e. The van der Waals surface area contributed by atoms with E-state index in [1.807, 2.05) is 12.1 Å². The van der Waals surface area contributed by atoms with Crippen LogP contribution in [-0.2, 0) is 0 Å². The fraction of sp³-hybridized carbons (Fsp3) is 0.700. The Morgan fingerprint density at radius 2 is 1.92 bits per heavy atom. The molecule has 1 aromatic rings. The minimum atomic E-state index is -0.329. The van der Waals surface area contributed by atoms with E-state index in [9.17, 15) is 10.1 Å². The normalized spacial score (nSPS) is 20.9. The molecule has 6 nitrogen and oxygen atoms in total. The van der Waals surface area contributed by atoms with Gasteiger partial charge in [-0.2, -0.15) is 0 Å². The van der Waals surface area contributed by atoms with Crippen molar-refractivity contribution in [1.82, 2.24) is 9.80 Å². The fourth-order valence-corrected chi connectivity index (χ4v) is 4.51. The number of nitro groups is 1. The summed E-state index contributed by atoms with van der Waals surface area (Å²) in [6.45, 7) is 9.01. The zero-order valence-electron chi connectivity index (χ0n) is 16.1. The molecule has 0 spiro atoms. The second-order valence-corrected chi connectivity index (χ2v) is 8.14. The van der Waals surface area contributed by atoms with E-state index in [0.29, 0.717) is 24.3 Å². The Hall–Kier alpha value is -1.66. The SMILES string of the molecule is CC(C)COc1cc([N+]2(C3CCNCC3)CCCCC2)ccc1[N+](=O)[O-]. The molecule has 1 N–H and O–H groups in total. The molecule has 2 heterocycles. The van der Waals surface area contributed by atoms with E-state index in [1.54, 1.807) is 6.07 Å². The molecular weight excluding hydrogens is 330 g/mol. The highest BCUT2D eigenvalue weighted by molar-refractivity contribution is 5.58. The smallest absolute Gasteiger partial charge is 0.311 e. The number of piperidine rings is 2. The third-order valence-corrected chi connectivity index (χ3v) is 5.85. The second kappa shape index (κ2) is 8.35. The summed E-state index contributed by atoms with van der Waals surface area (Å²) in [5.41, 5.74) is 1.27. The zero-order chi connectivity index (χ0) is 18.6. The fourth-order valence-electron chi connectivity index (χ4n) is 4.51. The van der Waals surface area contributed by atoms with E-state index in [4.69, 9.17) is 4.74 Å². The molecule has 0 unspecified atom stereocenters. The lowest BCUT2D eigenvalue weighted by molar-refractivity contribution is -0.385. The van der Waals surface area contributed by atoms with Crippen LogP contribution in [0.25, 0.3) is 0 Å². The van der Waals surface area contributed by atoms with Gasteiger partial charge in [-0.1, -0.05) is 13.8 Å². The number of likely N-dealkylation sites (tertiary alicyclic amines) is 1. The van der Waals surface area contributed by atoms with Gasteiger partial charge in [-0.05, 0) is 25.2 Å². The topological polar surface area (TPSA) is 64.4 Å². The van der Waals surface area contributed by atoms with Crippen LogP contribution >= 0.6 is 0 Å². The van der Waals surface area contributed by atoms with Crippen molar-refractivity contribution >= 4 is 11.4 Å². The van der Waals surface area contributed by atoms with Gasteiger partial charge in [-0.25, -0.2) is 0 Å². The predicted octanol–water partition coefficient (Wildman–Crippen LogP) is 3.87. The number of quaternary nitrogens is 1. The summed E-state index contributed by atoms with van der Waals surface area (Å²) < 4.78 is 6.83. The monoisotopic (exact) mass is 362 g/mol. The maximum Gasteiger partial charge on any atom is 0.311 e. The number of hydrogen-bond acceptors (Lipinski definition) is 4. The summed E-state index contributed by atoms with van der Waals surface area (Å²) in [4.78, 5) is 11.1. The molecule has 6 heteroatoms. The van der Waals surface area contributed by atoms with Crippen LogP contribution in [0.2, 0.25) is 0 Å². The molecule has 2 saturated heterocycles. The highest BCUT2D eigenvalue weighted by Gasteiger charge is 2.41. The van der Waals surface area contributed by atoms with Crippen molar-refractivity contribution in [2.24, 2.45) is 5.92 Å². The van der Waals surface area contributed by atoms with E-state index in [2.05, 4.69) is 19.2 Å². The number of ether oxygens (including phenoxy) is 1. The van der Waals surface area contributed by atoms with Gasteiger partial charge in [0.2, 0.25) is 5.75 Å². The Bertz CT molecular complexity index is 621. The van der Waals surface area contributed by atoms with E-state index < -0.39 is 0 Å². The molecule has 0 amide bonds. The number of nitrogens with zero attached hydrogens (tertiary/aromatic N) is 2. The van der Waals surface area contributed by atoms with E-state index in [0.717, 1.165) is 30.7 Å². The van der Waals surface area contributed by atoms with Gasteiger partial charge in [0.1, 0.15) is 5.69 Å². The first kappa shape index (κ1) is 19.1. The van der Waals surface area contributed by atoms with Gasteiger partial charge < -0.3 is 10.1 Å². The van der Waals surface area contributed by atoms with Crippen LogP contribution in [0, 0.1) is 16.0 Å². The van der Waals surface area contributed by atoms with Crippen molar-refractivity contribution < 1.29 is 9.66 Å². The van der Waals surface area contributed by atoms with Crippen molar-refractivity contribution in [2.75, 3.05) is 32.8 Å². The Morgan fingerprint density at radius 3 is 2.54 bits per heavy atom. The quantitative estimate of drug-likeness (QED) is 0.474. The molecule has 2 fully saturated rings. The average Bonchev–Trinajstić information content (AvgIpc) is 2.67. The van der Waals surface area contributed by atoms with Gasteiger partial charge in [0, 0.05) is 44.1 Å². The summed E-state index contributed by atoms with van der Waals surface area (Å²) >= 11 is 0. The molecule has 0 radical (unpaired) electrons. The van der Waals surface area contributed by atoms with Crippen LogP contribution in [0.15, 0.2) is 18.2 Å². The highest BCUT2D eigenvalue weighted by Crippen LogP contribution is 2.40. The Morgan fingerprint density at radius 1 is 1.23 bits per heavy atom. The van der Waals surface area contributed by atoms with E-state index >= 15 is 0 Å². The third kappa shape index (κ3) is 4.01. The van der Waals surface area contributed by atoms with Crippen LogP contribution in [0.1, 0.15) is 46.0 Å². The van der Waals surface area contributed by atoms with Crippen molar-refractivity contribution in [1.29, 1.82) is 0 Å². The van der Waals surface area contributed by atoms with Gasteiger partial charge in [-0.15, -0.1) is 0 Å². The molecule has 2 aliphatic heterocycles. The maximum atomic E-state index is 11.4. The van der Waals surface area contributed by atoms with E-state index in [1.165, 1.54) is 37.8 Å². The molecule has 0 saturated carbocycles. The average molecular weight is 362 g/mol. The van der Waals surface area contributed by atoms with Crippen molar-refractivity contribution in [3.05, 3.63) is 28.3 Å². The standard InChI is InChI=1S/C20H32N3O3/c1-16(2)15-26-20-14-18(6-7-19(20)22(24)25)23(12-4-3-5-13-23)17-8-10-21-11-9-17/h6-7,14,16-17,21H,3-5,8-13,15H2,1-2H3/q+1. The first-order valence-corrected chi connectivity index (χ1v) is 10.0. The van der Waals surface area contributed by atoms with Crippen molar-refractivity contribution in [3.8, 4) is 5.75 Å². The Balaban J connectivity index is 1.97. The van der Waals surface area contributed by atoms with Crippen molar-refractivity contribution in [3.63, 3.8) is 0 Å². The number of nitrogens with one attached hydrogen (secondary N) is 1. The minimum Gasteiger partial charge on any atom is -0.486 e. The molecule has 1 aromatic carbocycles. The van der Waals surface area contributed by atoms with Crippen LogP contribution < -0.4 is 14.5 Å². The predicted molar refractivity (Wildman–Crippen MR) is 105 cm³/mol. The molecule has 0 aromatic heterocycles. The number of nitro benzene ring substituents is 1. The molecule has 144 valence electrons. The van der Waals surface area contributed by atoms with Gasteiger partial charge in [0.15, 0.2) is 0 Å². The van der Waals surface area contributed by atoms with Gasteiger partial charge in [-0.3, -0.25) is 14.6 Å². The zero-order valence-corrected chi connectivity index (χ0v) is 16.1. The molecule has 0 bridgehead atoms. The summed E-state index contributed by atoms with van der Waals surface area (Å²) in [6.07, 6.45) is 6.07. The van der Waals surface area contributed by atoms with Gasteiger partial charge >= 0.3 is 5.69 Å². The molecule has 3 rings (SSSR count). The molecule has 0 aliphatic carbocycles. The lowest BCUT2D eigenvalue weighted by atomic mass is 9.95. The minimum absolute atomic E-state index is 0.0786. The number of benzene rings is 1. The Labute approximate surface area is 156 Å². The Kier molecular flexibility index (Phi) is 6.14. The summed E-state index contributed by atoms with van der Waals surface area (Å²) in [5, 5.41) is 14.9. The summed E-state index contributed by atoms with van der Waals surface area (Å²) in [6, 6.07) is 6.19. The molecular formula is C20H32N3O3+. The van der Waals surface area contributed by atoms with Crippen LogP contribution in [-0.4, -0.2) is 43.8 Å². The lowest BCUT2D eigenvalue weighted by Crippen LogP contribution is -2.62. The summed E-state index contributed by atoms with van der Waals surface area (Å²) in [5.74, 6) is 0.763. The maximum absolute atomic E-state index is 11.4. The van der Waals surface area contributed by atoms with E-state index in [-0.39, 0.29) is 10.6 Å². The number of hydrogen-bond donors (Lipinski definition) is 1. The van der Waals surface area contributed by atoms with Crippen LogP contribution in [0.3, 0.4) is 0 Å². The molecule has 0 atom stereocenters. The van der Waals surface area contributed by atoms with Gasteiger partial charge in [0.05, 0.1) is 30.7 Å². The first-order valence-electron chi connectivity index (χ1n) is 10.0.